The van der Waals surface area contributed by atoms with Gasteiger partial charge in [-0.3, -0.25) is 9.48 Å². The topological polar surface area (TPSA) is 51.9 Å². The summed E-state index contributed by atoms with van der Waals surface area (Å²) in [5.74, 6) is 0. The molecule has 0 aliphatic carbocycles. The van der Waals surface area contributed by atoms with Gasteiger partial charge < -0.3 is 9.88 Å². The van der Waals surface area contributed by atoms with Crippen LogP contribution in [0.5, 0.6) is 0 Å². The first-order valence-electron chi connectivity index (χ1n) is 9.64. The molecule has 0 saturated carbocycles. The zero-order valence-corrected chi connectivity index (χ0v) is 15.2. The molecule has 0 radical (unpaired) electrons. The molecule has 0 unspecified atom stereocenters. The molecule has 2 aliphatic rings. The number of nitrogens with zero attached hydrogens (tertiary/aromatic N) is 3. The van der Waals surface area contributed by atoms with Crippen molar-refractivity contribution in [2.24, 2.45) is 0 Å². The minimum atomic E-state index is 0.123. The fourth-order valence-electron chi connectivity index (χ4n) is 4.54. The van der Waals surface area contributed by atoms with E-state index in [1.807, 2.05) is 10.6 Å². The molecular weight excluding hydrogens is 324 g/mol. The molecule has 1 saturated heterocycles. The Morgan fingerprint density at radius 1 is 1.19 bits per heavy atom. The summed E-state index contributed by atoms with van der Waals surface area (Å²) in [6, 6.07) is 8.66. The van der Waals surface area contributed by atoms with Gasteiger partial charge in [-0.15, -0.1) is 0 Å². The van der Waals surface area contributed by atoms with Crippen LogP contribution in [-0.4, -0.2) is 27.4 Å². The third-order valence-corrected chi connectivity index (χ3v) is 5.90. The Morgan fingerprint density at radius 3 is 2.88 bits per heavy atom. The van der Waals surface area contributed by atoms with Crippen molar-refractivity contribution in [3.63, 3.8) is 0 Å². The Morgan fingerprint density at radius 2 is 2.04 bits per heavy atom. The Kier molecular flexibility index (Phi) is 3.71. The summed E-state index contributed by atoms with van der Waals surface area (Å²) in [5, 5.41) is 9.51. The molecule has 2 aromatic heterocycles. The average molecular weight is 348 g/mol. The third-order valence-electron chi connectivity index (χ3n) is 5.90. The maximum absolute atomic E-state index is 12.1. The number of pyridine rings is 1. The quantitative estimate of drug-likeness (QED) is 0.774. The fourth-order valence-corrected chi connectivity index (χ4v) is 4.54. The lowest BCUT2D eigenvalue weighted by Gasteiger charge is -2.22. The molecule has 4 heterocycles. The predicted octanol–water partition coefficient (Wildman–Crippen LogP) is 3.04. The van der Waals surface area contributed by atoms with E-state index in [9.17, 15) is 4.79 Å². The van der Waals surface area contributed by atoms with E-state index in [2.05, 4.69) is 35.3 Å². The van der Waals surface area contributed by atoms with Gasteiger partial charge >= 0.3 is 0 Å². The van der Waals surface area contributed by atoms with Gasteiger partial charge in [0.05, 0.1) is 11.6 Å². The summed E-state index contributed by atoms with van der Waals surface area (Å²) in [6.07, 6.45) is 6.51. The van der Waals surface area contributed by atoms with Crippen LogP contribution >= 0.6 is 0 Å². The zero-order chi connectivity index (χ0) is 17.7. The van der Waals surface area contributed by atoms with E-state index in [0.29, 0.717) is 6.04 Å². The molecule has 0 bridgehead atoms. The number of fused-ring (bicyclic) bond motifs is 2. The molecule has 5 rings (SSSR count). The predicted molar refractivity (Wildman–Crippen MR) is 104 cm³/mol. The highest BCUT2D eigenvalue weighted by atomic mass is 16.1. The maximum Gasteiger partial charge on any atom is 0.250 e. The second-order valence-electron chi connectivity index (χ2n) is 7.61. The van der Waals surface area contributed by atoms with Crippen LogP contribution in [0.2, 0.25) is 0 Å². The minimum Gasteiger partial charge on any atom is -0.317 e. The molecule has 1 N–H and O–H groups in total. The summed E-state index contributed by atoms with van der Waals surface area (Å²) < 4.78 is 4.11. The van der Waals surface area contributed by atoms with Crippen LogP contribution in [0, 0.1) is 6.92 Å². The molecule has 2 aliphatic heterocycles. The molecule has 0 atom stereocenters. The molecular formula is C21H24N4O. The lowest BCUT2D eigenvalue weighted by Crippen LogP contribution is -2.29. The van der Waals surface area contributed by atoms with E-state index in [1.54, 1.807) is 6.07 Å². The van der Waals surface area contributed by atoms with Gasteiger partial charge in [0.2, 0.25) is 0 Å². The lowest BCUT2D eigenvalue weighted by atomic mass is 9.99. The summed E-state index contributed by atoms with van der Waals surface area (Å²) >= 11 is 0. The number of piperidine rings is 1. The fraction of sp³-hybridized carbons (Fsp3) is 0.429. The molecule has 0 spiro atoms. The van der Waals surface area contributed by atoms with Crippen molar-refractivity contribution >= 4 is 10.9 Å². The van der Waals surface area contributed by atoms with Crippen molar-refractivity contribution in [2.75, 3.05) is 13.1 Å². The van der Waals surface area contributed by atoms with E-state index in [1.165, 1.54) is 27.8 Å². The van der Waals surface area contributed by atoms with Crippen LogP contribution in [0.25, 0.3) is 22.0 Å². The number of aromatic nitrogens is 3. The van der Waals surface area contributed by atoms with Crippen molar-refractivity contribution in [3.8, 4) is 11.1 Å². The summed E-state index contributed by atoms with van der Waals surface area (Å²) in [4.78, 5) is 12.1. The number of benzene rings is 1. The first-order chi connectivity index (χ1) is 12.7. The van der Waals surface area contributed by atoms with Crippen molar-refractivity contribution in [3.05, 3.63) is 52.1 Å². The van der Waals surface area contributed by atoms with E-state index in [-0.39, 0.29) is 5.56 Å². The van der Waals surface area contributed by atoms with Crippen LogP contribution in [0.3, 0.4) is 0 Å². The highest BCUT2D eigenvalue weighted by Crippen LogP contribution is 2.32. The highest BCUT2D eigenvalue weighted by Gasteiger charge is 2.20. The van der Waals surface area contributed by atoms with Crippen LogP contribution in [0.1, 0.15) is 36.6 Å². The Balaban J connectivity index is 1.62. The van der Waals surface area contributed by atoms with Crippen molar-refractivity contribution < 1.29 is 0 Å². The Labute approximate surface area is 152 Å². The van der Waals surface area contributed by atoms with Crippen LogP contribution in [-0.2, 0) is 13.0 Å². The number of hydrogen-bond acceptors (Lipinski definition) is 3. The van der Waals surface area contributed by atoms with E-state index in [4.69, 9.17) is 5.10 Å². The summed E-state index contributed by atoms with van der Waals surface area (Å²) in [5.41, 5.74) is 6.00. The molecule has 1 fully saturated rings. The SMILES string of the molecule is Cc1cc(-c2ccc(=O)n3c2CCC3)cc2cn(C3CCNCC3)nc12. The van der Waals surface area contributed by atoms with Crippen molar-refractivity contribution in [2.45, 2.75) is 45.2 Å². The maximum atomic E-state index is 12.1. The van der Waals surface area contributed by atoms with Gasteiger partial charge in [-0.2, -0.15) is 5.10 Å². The summed E-state index contributed by atoms with van der Waals surface area (Å²) in [6.45, 7) is 5.11. The minimum absolute atomic E-state index is 0.123. The van der Waals surface area contributed by atoms with Crippen LogP contribution < -0.4 is 10.9 Å². The van der Waals surface area contributed by atoms with Gasteiger partial charge in [0.25, 0.3) is 5.56 Å². The van der Waals surface area contributed by atoms with Crippen molar-refractivity contribution in [1.82, 2.24) is 19.7 Å². The van der Waals surface area contributed by atoms with E-state index < -0.39 is 0 Å². The van der Waals surface area contributed by atoms with Gasteiger partial charge in [0.15, 0.2) is 0 Å². The smallest absolute Gasteiger partial charge is 0.250 e. The first-order valence-corrected chi connectivity index (χ1v) is 9.64. The highest BCUT2D eigenvalue weighted by molar-refractivity contribution is 5.87. The number of aryl methyl sites for hydroxylation is 1. The molecule has 5 nitrogen and oxygen atoms in total. The van der Waals surface area contributed by atoms with Gasteiger partial charge in [-0.05, 0) is 75.0 Å². The number of rotatable bonds is 2. The van der Waals surface area contributed by atoms with Crippen molar-refractivity contribution in [1.29, 1.82) is 0 Å². The van der Waals surface area contributed by atoms with Gasteiger partial charge in [0.1, 0.15) is 0 Å². The van der Waals surface area contributed by atoms with Gasteiger partial charge in [-0.25, -0.2) is 0 Å². The molecule has 26 heavy (non-hydrogen) atoms. The van der Waals surface area contributed by atoms with E-state index in [0.717, 1.165) is 50.8 Å². The van der Waals surface area contributed by atoms with E-state index >= 15 is 0 Å². The van der Waals surface area contributed by atoms with Gasteiger partial charge in [0, 0.05) is 35.5 Å². The molecule has 1 aromatic carbocycles. The largest absolute Gasteiger partial charge is 0.317 e. The average Bonchev–Trinajstić information content (AvgIpc) is 3.30. The Hall–Kier alpha value is -2.40. The van der Waals surface area contributed by atoms with Crippen LogP contribution in [0.4, 0.5) is 0 Å². The number of nitrogens with one attached hydrogen (secondary N) is 1. The zero-order valence-electron chi connectivity index (χ0n) is 15.2. The molecule has 0 amide bonds. The summed E-state index contributed by atoms with van der Waals surface area (Å²) in [7, 11) is 0. The Bertz CT molecular complexity index is 1040. The molecule has 3 aromatic rings. The molecule has 5 heteroatoms. The second kappa shape index (κ2) is 6.09. The number of hydrogen-bond donors (Lipinski definition) is 1. The standard InChI is InChI=1S/C21H24N4O/c1-14-11-15(18-4-5-20(26)24-10-2-3-19(18)24)12-16-13-25(23-21(14)16)17-6-8-22-9-7-17/h4-5,11-13,17,22H,2-3,6-10H2,1H3. The lowest BCUT2D eigenvalue weighted by molar-refractivity contribution is 0.345. The first kappa shape index (κ1) is 15.8. The third kappa shape index (κ3) is 2.50. The normalized spacial score (nSPS) is 17.7. The van der Waals surface area contributed by atoms with Gasteiger partial charge in [-0.1, -0.05) is 0 Å². The molecule has 134 valence electrons. The van der Waals surface area contributed by atoms with Crippen LogP contribution in [0.15, 0.2) is 35.3 Å². The monoisotopic (exact) mass is 348 g/mol. The second-order valence-corrected chi connectivity index (χ2v) is 7.61.